The van der Waals surface area contributed by atoms with Crippen molar-refractivity contribution in [2.75, 3.05) is 11.9 Å². The van der Waals surface area contributed by atoms with E-state index in [0.29, 0.717) is 13.0 Å². The van der Waals surface area contributed by atoms with E-state index in [-0.39, 0.29) is 27.3 Å². The molecule has 2 aromatic rings. The number of aryl methyl sites for hydroxylation is 1. The van der Waals surface area contributed by atoms with Crippen LogP contribution in [-0.4, -0.2) is 35.4 Å². The third-order valence-electron chi connectivity index (χ3n) is 4.38. The molecule has 1 aliphatic heterocycles. The van der Waals surface area contributed by atoms with E-state index < -0.39 is 10.0 Å². The number of carbonyl (C=O) groups excluding carboxylic acids is 1. The first-order valence-electron chi connectivity index (χ1n) is 8.42. The summed E-state index contributed by atoms with van der Waals surface area (Å²) in [5, 5.41) is 10.2. The summed E-state index contributed by atoms with van der Waals surface area (Å²) in [5.41, 5.74) is 3.42. The molecule has 0 fully saturated rings. The molecule has 0 saturated heterocycles. The number of hydrogen-bond acceptors (Lipinski definition) is 6. The summed E-state index contributed by atoms with van der Waals surface area (Å²) >= 11 is 0.876. The number of sulfonamides is 1. The Bertz CT molecular complexity index is 937. The molecule has 1 unspecified atom stereocenters. The molecule has 3 rings (SSSR count). The topological polar surface area (TPSA) is 92.3 Å². The van der Waals surface area contributed by atoms with Crippen molar-refractivity contribution in [3.63, 3.8) is 0 Å². The maximum absolute atomic E-state index is 13.2. The van der Waals surface area contributed by atoms with Crippen molar-refractivity contribution >= 4 is 32.4 Å². The predicted molar refractivity (Wildman–Crippen MR) is 101 cm³/mol. The van der Waals surface area contributed by atoms with Gasteiger partial charge in [0.1, 0.15) is 0 Å². The lowest BCUT2D eigenvalue weighted by Crippen LogP contribution is -2.42. The fourth-order valence-electron chi connectivity index (χ4n) is 3.34. The van der Waals surface area contributed by atoms with Gasteiger partial charge in [0.05, 0.1) is 6.04 Å². The van der Waals surface area contributed by atoms with Crippen molar-refractivity contribution in [2.24, 2.45) is 5.92 Å². The highest BCUT2D eigenvalue weighted by Crippen LogP contribution is 2.39. The SMILES string of the molecule is CC(=O)Nc1nnc(S(=O)(=O)N2CCc3cc(C)ccc3C2C(C)C)s1. The van der Waals surface area contributed by atoms with Crippen LogP contribution >= 0.6 is 11.3 Å². The standard InChI is InChI=1S/C17H22N4O3S2/c1-10(2)15-14-6-5-11(3)9-13(14)7-8-21(15)26(23,24)17-20-19-16(25-17)18-12(4)22/h5-6,9-10,15H,7-8H2,1-4H3,(H,18,19,22). The van der Waals surface area contributed by atoms with Crippen LogP contribution in [0.4, 0.5) is 5.13 Å². The number of rotatable bonds is 4. The monoisotopic (exact) mass is 394 g/mol. The minimum atomic E-state index is -3.80. The fraction of sp³-hybridized carbons (Fsp3) is 0.471. The summed E-state index contributed by atoms with van der Waals surface area (Å²) < 4.78 is 27.8. The number of amides is 1. The predicted octanol–water partition coefficient (Wildman–Crippen LogP) is 2.75. The number of anilines is 1. The summed E-state index contributed by atoms with van der Waals surface area (Å²) in [6.45, 7) is 7.82. The van der Waals surface area contributed by atoms with E-state index >= 15 is 0 Å². The average Bonchev–Trinajstić information content (AvgIpc) is 3.01. The lowest BCUT2D eigenvalue weighted by Gasteiger charge is -2.38. The number of aromatic nitrogens is 2. The van der Waals surface area contributed by atoms with Gasteiger partial charge in [-0.05, 0) is 30.4 Å². The highest BCUT2D eigenvalue weighted by molar-refractivity contribution is 7.91. The van der Waals surface area contributed by atoms with E-state index in [9.17, 15) is 13.2 Å². The maximum Gasteiger partial charge on any atom is 0.272 e. The first kappa shape index (κ1) is 18.9. The van der Waals surface area contributed by atoms with Crippen LogP contribution in [0.2, 0.25) is 0 Å². The zero-order chi connectivity index (χ0) is 19.1. The smallest absolute Gasteiger partial charge is 0.272 e. The van der Waals surface area contributed by atoms with Gasteiger partial charge in [-0.15, -0.1) is 10.2 Å². The zero-order valence-electron chi connectivity index (χ0n) is 15.2. The Morgan fingerprint density at radius 1 is 1.35 bits per heavy atom. The minimum absolute atomic E-state index is 0.0949. The van der Waals surface area contributed by atoms with Crippen LogP contribution < -0.4 is 5.32 Å². The van der Waals surface area contributed by atoms with Crippen LogP contribution in [0.5, 0.6) is 0 Å². The van der Waals surface area contributed by atoms with Crippen molar-refractivity contribution in [3.05, 3.63) is 34.9 Å². The number of carbonyl (C=O) groups is 1. The van der Waals surface area contributed by atoms with Crippen LogP contribution in [0.1, 0.15) is 43.5 Å². The Kier molecular flexibility index (Phi) is 5.14. The van der Waals surface area contributed by atoms with E-state index in [4.69, 9.17) is 0 Å². The van der Waals surface area contributed by atoms with Crippen molar-refractivity contribution in [1.29, 1.82) is 0 Å². The van der Waals surface area contributed by atoms with E-state index in [1.54, 1.807) is 0 Å². The fourth-order valence-corrected chi connectivity index (χ4v) is 6.14. The van der Waals surface area contributed by atoms with Gasteiger partial charge >= 0.3 is 0 Å². The molecule has 0 bridgehead atoms. The van der Waals surface area contributed by atoms with Gasteiger partial charge in [-0.25, -0.2) is 8.42 Å². The minimum Gasteiger partial charge on any atom is -0.301 e. The Labute approximate surface area is 157 Å². The Morgan fingerprint density at radius 2 is 2.08 bits per heavy atom. The zero-order valence-corrected chi connectivity index (χ0v) is 16.8. The number of hydrogen-bond donors (Lipinski definition) is 1. The summed E-state index contributed by atoms with van der Waals surface area (Å²) in [6, 6.07) is 5.93. The summed E-state index contributed by atoms with van der Waals surface area (Å²) in [5.74, 6) is -0.207. The second-order valence-electron chi connectivity index (χ2n) is 6.81. The van der Waals surface area contributed by atoms with Gasteiger partial charge in [0.15, 0.2) is 0 Å². The molecule has 7 nitrogen and oxygen atoms in total. The number of fused-ring (bicyclic) bond motifs is 1. The molecule has 1 atom stereocenters. The summed E-state index contributed by atoms with van der Waals surface area (Å²) in [7, 11) is -3.80. The molecule has 9 heteroatoms. The van der Waals surface area contributed by atoms with E-state index in [1.165, 1.54) is 22.4 Å². The Morgan fingerprint density at radius 3 is 2.73 bits per heavy atom. The van der Waals surface area contributed by atoms with Gasteiger partial charge in [-0.1, -0.05) is 48.9 Å². The van der Waals surface area contributed by atoms with Gasteiger partial charge in [0.25, 0.3) is 10.0 Å². The van der Waals surface area contributed by atoms with Crippen molar-refractivity contribution in [2.45, 2.75) is 44.5 Å². The largest absolute Gasteiger partial charge is 0.301 e. The van der Waals surface area contributed by atoms with E-state index in [1.807, 2.05) is 32.9 Å². The van der Waals surface area contributed by atoms with Crippen LogP contribution in [-0.2, 0) is 21.2 Å². The van der Waals surface area contributed by atoms with Gasteiger partial charge in [-0.3, -0.25) is 4.79 Å². The van der Waals surface area contributed by atoms with Gasteiger partial charge in [0.2, 0.25) is 15.4 Å². The van der Waals surface area contributed by atoms with Gasteiger partial charge in [0, 0.05) is 13.5 Å². The highest BCUT2D eigenvalue weighted by atomic mass is 32.2. The molecule has 0 aliphatic carbocycles. The molecule has 1 aliphatic rings. The summed E-state index contributed by atoms with van der Waals surface area (Å²) in [4.78, 5) is 11.1. The third kappa shape index (κ3) is 3.51. The second-order valence-corrected chi connectivity index (χ2v) is 9.85. The van der Waals surface area contributed by atoms with E-state index in [2.05, 4.69) is 21.6 Å². The molecule has 0 radical (unpaired) electrons. The van der Waals surface area contributed by atoms with Crippen LogP contribution in [0.3, 0.4) is 0 Å². The van der Waals surface area contributed by atoms with Crippen molar-refractivity contribution in [1.82, 2.24) is 14.5 Å². The number of nitrogens with one attached hydrogen (secondary N) is 1. The maximum atomic E-state index is 13.2. The van der Waals surface area contributed by atoms with Crippen LogP contribution in [0.15, 0.2) is 22.5 Å². The molecule has 1 N–H and O–H groups in total. The molecule has 2 heterocycles. The second kappa shape index (κ2) is 7.05. The molecule has 0 spiro atoms. The van der Waals surface area contributed by atoms with Gasteiger partial charge < -0.3 is 5.32 Å². The average molecular weight is 395 g/mol. The lowest BCUT2D eigenvalue weighted by atomic mass is 9.87. The molecule has 0 saturated carbocycles. The lowest BCUT2D eigenvalue weighted by molar-refractivity contribution is -0.114. The molecular weight excluding hydrogens is 372 g/mol. The van der Waals surface area contributed by atoms with E-state index in [0.717, 1.165) is 16.9 Å². The molecule has 1 aromatic carbocycles. The van der Waals surface area contributed by atoms with Crippen LogP contribution in [0.25, 0.3) is 0 Å². The molecule has 26 heavy (non-hydrogen) atoms. The molecule has 140 valence electrons. The quantitative estimate of drug-likeness (QED) is 0.805. The first-order valence-corrected chi connectivity index (χ1v) is 10.7. The third-order valence-corrected chi connectivity index (χ3v) is 7.44. The van der Waals surface area contributed by atoms with Gasteiger partial charge in [-0.2, -0.15) is 4.31 Å². The van der Waals surface area contributed by atoms with Crippen molar-refractivity contribution in [3.8, 4) is 0 Å². The van der Waals surface area contributed by atoms with Crippen LogP contribution in [0, 0.1) is 12.8 Å². The highest BCUT2D eigenvalue weighted by Gasteiger charge is 2.39. The Balaban J connectivity index is 2.00. The molecular formula is C17H22N4O3S2. The Hall–Kier alpha value is -1.84. The summed E-state index contributed by atoms with van der Waals surface area (Å²) in [6.07, 6.45) is 0.664. The normalized spacial score (nSPS) is 18.0. The number of benzene rings is 1. The molecule has 1 aromatic heterocycles. The van der Waals surface area contributed by atoms with Crippen molar-refractivity contribution < 1.29 is 13.2 Å². The molecule has 1 amide bonds. The number of nitrogens with zero attached hydrogens (tertiary/aromatic N) is 3. The first-order chi connectivity index (χ1) is 12.2.